The number of H-pyrrole nitrogens is 1. The predicted molar refractivity (Wildman–Crippen MR) is 56.4 cm³/mol. The van der Waals surface area contributed by atoms with Crippen LogP contribution in [0.4, 0.5) is 18.9 Å². The highest BCUT2D eigenvalue weighted by molar-refractivity contribution is 7.99. The minimum absolute atomic E-state index is 0.0183. The van der Waals surface area contributed by atoms with E-state index in [4.69, 9.17) is 5.73 Å². The van der Waals surface area contributed by atoms with Crippen molar-refractivity contribution in [1.29, 1.82) is 0 Å². The number of alkyl halides is 3. The van der Waals surface area contributed by atoms with Crippen LogP contribution in [0.1, 0.15) is 5.82 Å². The van der Waals surface area contributed by atoms with Gasteiger partial charge in [0, 0.05) is 10.6 Å². The van der Waals surface area contributed by atoms with Crippen LogP contribution in [0.25, 0.3) is 0 Å². The van der Waals surface area contributed by atoms with Crippen LogP contribution in [-0.2, 0) is 6.18 Å². The number of aromatic amines is 1. The molecule has 90 valence electrons. The quantitative estimate of drug-likeness (QED) is 0.814. The van der Waals surface area contributed by atoms with Gasteiger partial charge in [0.25, 0.3) is 0 Å². The third kappa shape index (κ3) is 2.70. The van der Waals surface area contributed by atoms with Gasteiger partial charge in [-0.2, -0.15) is 18.2 Å². The fraction of sp³-hybridized carbons (Fsp3) is 0.111. The number of para-hydroxylation sites is 1. The molecule has 17 heavy (non-hydrogen) atoms. The molecule has 0 aliphatic rings. The number of rotatable bonds is 2. The maximum Gasteiger partial charge on any atom is 0.451 e. The second kappa shape index (κ2) is 4.28. The summed E-state index contributed by atoms with van der Waals surface area (Å²) in [5.74, 6) is -1.12. The molecule has 1 aromatic heterocycles. The van der Waals surface area contributed by atoms with Crippen LogP contribution in [0.3, 0.4) is 0 Å². The molecule has 2 aromatic rings. The summed E-state index contributed by atoms with van der Waals surface area (Å²) in [6.07, 6.45) is -4.52. The molecule has 0 amide bonds. The fourth-order valence-electron chi connectivity index (χ4n) is 1.09. The van der Waals surface area contributed by atoms with Crippen LogP contribution in [0.2, 0.25) is 0 Å². The monoisotopic (exact) mass is 260 g/mol. The molecule has 0 fully saturated rings. The highest BCUT2D eigenvalue weighted by Crippen LogP contribution is 2.32. The summed E-state index contributed by atoms with van der Waals surface area (Å²) in [5.41, 5.74) is 6.12. The van der Waals surface area contributed by atoms with Crippen molar-refractivity contribution in [3.63, 3.8) is 0 Å². The summed E-state index contributed by atoms with van der Waals surface area (Å²) in [7, 11) is 0. The zero-order chi connectivity index (χ0) is 12.5. The van der Waals surface area contributed by atoms with Gasteiger partial charge >= 0.3 is 6.18 Å². The van der Waals surface area contributed by atoms with E-state index in [1.165, 1.54) is 0 Å². The number of aromatic nitrogens is 3. The Labute approximate surface area is 98.4 Å². The lowest BCUT2D eigenvalue weighted by Gasteiger charge is -2.01. The molecule has 4 nitrogen and oxygen atoms in total. The minimum Gasteiger partial charge on any atom is -0.398 e. The molecule has 0 spiro atoms. The van der Waals surface area contributed by atoms with Gasteiger partial charge < -0.3 is 5.73 Å². The number of benzene rings is 1. The largest absolute Gasteiger partial charge is 0.451 e. The van der Waals surface area contributed by atoms with Crippen LogP contribution in [0, 0.1) is 0 Å². The molecular weight excluding hydrogens is 253 g/mol. The average molecular weight is 260 g/mol. The highest BCUT2D eigenvalue weighted by Gasteiger charge is 2.35. The summed E-state index contributed by atoms with van der Waals surface area (Å²) in [4.78, 5) is 3.94. The first-order valence-corrected chi connectivity index (χ1v) is 5.30. The Morgan fingerprint density at radius 1 is 1.24 bits per heavy atom. The van der Waals surface area contributed by atoms with E-state index in [9.17, 15) is 13.2 Å². The number of halogens is 3. The van der Waals surface area contributed by atoms with E-state index < -0.39 is 12.0 Å². The van der Waals surface area contributed by atoms with E-state index in [0.717, 1.165) is 11.8 Å². The summed E-state index contributed by atoms with van der Waals surface area (Å²) in [5, 5.41) is 5.29. The fourth-order valence-corrected chi connectivity index (χ4v) is 1.85. The second-order valence-corrected chi connectivity index (χ2v) is 4.11. The van der Waals surface area contributed by atoms with Crippen molar-refractivity contribution in [1.82, 2.24) is 15.2 Å². The lowest BCUT2D eigenvalue weighted by molar-refractivity contribution is -0.144. The van der Waals surface area contributed by atoms with Gasteiger partial charge in [0.2, 0.25) is 11.0 Å². The van der Waals surface area contributed by atoms with Crippen molar-refractivity contribution in [2.75, 3.05) is 5.73 Å². The Balaban J connectivity index is 2.21. The van der Waals surface area contributed by atoms with Crippen LogP contribution in [-0.4, -0.2) is 15.2 Å². The van der Waals surface area contributed by atoms with Crippen molar-refractivity contribution in [3.05, 3.63) is 30.1 Å². The third-order valence-electron chi connectivity index (χ3n) is 1.85. The van der Waals surface area contributed by atoms with Gasteiger partial charge in [0.1, 0.15) is 0 Å². The molecule has 0 bridgehead atoms. The zero-order valence-electron chi connectivity index (χ0n) is 8.32. The molecule has 1 heterocycles. The molecule has 1 aromatic carbocycles. The van der Waals surface area contributed by atoms with Gasteiger partial charge in [-0.25, -0.2) is 0 Å². The standard InChI is InChI=1S/C9H7F3N4S/c10-9(11,12)7-14-8(16-15-7)17-6-4-2-1-3-5(6)13/h1-4H,13H2,(H,14,15,16). The lowest BCUT2D eigenvalue weighted by Crippen LogP contribution is -2.07. The first kappa shape index (κ1) is 11.8. The summed E-state index contributed by atoms with van der Waals surface area (Å²) in [6, 6.07) is 6.80. The van der Waals surface area contributed by atoms with E-state index in [2.05, 4.69) is 10.1 Å². The minimum atomic E-state index is -4.52. The van der Waals surface area contributed by atoms with Gasteiger partial charge in [-0.3, -0.25) is 5.10 Å². The predicted octanol–water partition coefficient (Wildman–Crippen LogP) is 2.56. The summed E-state index contributed by atoms with van der Waals surface area (Å²) >= 11 is 0.973. The Hall–Kier alpha value is -1.70. The van der Waals surface area contributed by atoms with Crippen LogP contribution >= 0.6 is 11.8 Å². The molecule has 0 unspecified atom stereocenters. The molecular formula is C9H7F3N4S. The molecule has 0 saturated carbocycles. The first-order valence-electron chi connectivity index (χ1n) is 4.49. The second-order valence-electron chi connectivity index (χ2n) is 3.10. The van der Waals surface area contributed by atoms with Crippen molar-refractivity contribution in [3.8, 4) is 0 Å². The van der Waals surface area contributed by atoms with Gasteiger partial charge in [-0.05, 0) is 23.9 Å². The SMILES string of the molecule is Nc1ccccc1Sc1n[nH]c(C(F)(F)F)n1. The maximum absolute atomic E-state index is 12.3. The molecule has 8 heteroatoms. The average Bonchev–Trinajstić information content (AvgIpc) is 2.69. The van der Waals surface area contributed by atoms with Crippen molar-refractivity contribution in [2.45, 2.75) is 16.2 Å². The van der Waals surface area contributed by atoms with Crippen molar-refractivity contribution >= 4 is 17.4 Å². The maximum atomic E-state index is 12.3. The van der Waals surface area contributed by atoms with Crippen LogP contribution in [0.15, 0.2) is 34.3 Å². The van der Waals surface area contributed by atoms with Crippen molar-refractivity contribution < 1.29 is 13.2 Å². The molecule has 0 radical (unpaired) electrons. The van der Waals surface area contributed by atoms with E-state index in [0.29, 0.717) is 10.6 Å². The number of nitrogens with one attached hydrogen (secondary N) is 1. The number of anilines is 1. The lowest BCUT2D eigenvalue weighted by atomic mass is 10.3. The molecule has 0 atom stereocenters. The van der Waals surface area contributed by atoms with Crippen LogP contribution in [0.5, 0.6) is 0 Å². The van der Waals surface area contributed by atoms with E-state index in [1.54, 1.807) is 24.3 Å². The molecule has 3 N–H and O–H groups in total. The summed E-state index contributed by atoms with van der Waals surface area (Å²) < 4.78 is 36.8. The normalized spacial score (nSPS) is 11.7. The Kier molecular flexibility index (Phi) is 2.97. The third-order valence-corrected chi connectivity index (χ3v) is 2.81. The number of nitrogens with zero attached hydrogens (tertiary/aromatic N) is 2. The van der Waals surface area contributed by atoms with E-state index in [1.807, 2.05) is 5.10 Å². The molecule has 0 aliphatic carbocycles. The number of hydrogen-bond donors (Lipinski definition) is 2. The molecule has 2 rings (SSSR count). The highest BCUT2D eigenvalue weighted by atomic mass is 32.2. The molecule has 0 saturated heterocycles. The van der Waals surface area contributed by atoms with E-state index in [-0.39, 0.29) is 5.16 Å². The van der Waals surface area contributed by atoms with Gasteiger partial charge in [-0.1, -0.05) is 12.1 Å². The van der Waals surface area contributed by atoms with Crippen LogP contribution < -0.4 is 5.73 Å². The zero-order valence-corrected chi connectivity index (χ0v) is 9.14. The number of nitrogens with two attached hydrogens (primary N) is 1. The first-order chi connectivity index (χ1) is 7.97. The molecule has 0 aliphatic heterocycles. The van der Waals surface area contributed by atoms with Crippen molar-refractivity contribution in [2.24, 2.45) is 0 Å². The summed E-state index contributed by atoms with van der Waals surface area (Å²) in [6.45, 7) is 0. The Bertz CT molecular complexity index is 523. The Morgan fingerprint density at radius 2 is 1.94 bits per heavy atom. The van der Waals surface area contributed by atoms with Gasteiger partial charge in [0.05, 0.1) is 0 Å². The number of hydrogen-bond acceptors (Lipinski definition) is 4. The van der Waals surface area contributed by atoms with Gasteiger partial charge in [0.15, 0.2) is 0 Å². The topological polar surface area (TPSA) is 67.6 Å². The van der Waals surface area contributed by atoms with E-state index >= 15 is 0 Å². The van der Waals surface area contributed by atoms with Gasteiger partial charge in [-0.15, -0.1) is 5.10 Å². The number of nitrogen functional groups attached to an aromatic ring is 1. The Morgan fingerprint density at radius 3 is 2.53 bits per heavy atom. The smallest absolute Gasteiger partial charge is 0.398 e.